The summed E-state index contributed by atoms with van der Waals surface area (Å²) in [5.74, 6) is 1.96. The molecule has 0 saturated carbocycles. The minimum atomic E-state index is 0.470. The van der Waals surface area contributed by atoms with Gasteiger partial charge >= 0.3 is 0 Å². The molecule has 0 aliphatic carbocycles. The molecule has 7 heteroatoms. The molecule has 0 radical (unpaired) electrons. The number of hydrogen-bond donors (Lipinski definition) is 2. The van der Waals surface area contributed by atoms with E-state index >= 15 is 0 Å². The van der Waals surface area contributed by atoms with E-state index in [0.29, 0.717) is 31.5 Å². The van der Waals surface area contributed by atoms with Crippen molar-refractivity contribution in [1.29, 1.82) is 0 Å². The normalized spacial score (nSPS) is 10.2. The van der Waals surface area contributed by atoms with Crippen molar-refractivity contribution in [1.82, 2.24) is 15.2 Å². The largest absolute Gasteiger partial charge is 0.496 e. The fraction of sp³-hybridized carbons (Fsp3) is 0.357. The molecule has 2 rings (SSSR count). The standard InChI is InChI=1S/C14H19N5O2/c1-20-8-7-15-14-18-13(10-17-19-14)16-9-11-5-3-4-6-12(11)21-2/h3-6,10H,7-9H2,1-2H3,(H2,15,16,18,19). The van der Waals surface area contributed by atoms with Crippen LogP contribution in [0.1, 0.15) is 5.56 Å². The average Bonchev–Trinajstić information content (AvgIpc) is 2.54. The Kier molecular flexibility index (Phi) is 5.71. The number of hydrogen-bond acceptors (Lipinski definition) is 7. The van der Waals surface area contributed by atoms with Crippen LogP contribution in [0.3, 0.4) is 0 Å². The van der Waals surface area contributed by atoms with Crippen LogP contribution in [0.25, 0.3) is 0 Å². The molecule has 112 valence electrons. The zero-order valence-corrected chi connectivity index (χ0v) is 12.2. The topological polar surface area (TPSA) is 81.2 Å². The first-order valence-corrected chi connectivity index (χ1v) is 6.62. The number of para-hydroxylation sites is 1. The summed E-state index contributed by atoms with van der Waals surface area (Å²) in [6.07, 6.45) is 1.58. The second kappa shape index (κ2) is 8.01. The number of rotatable bonds is 8. The second-order valence-corrected chi connectivity index (χ2v) is 4.25. The number of nitrogens with zero attached hydrogens (tertiary/aromatic N) is 3. The highest BCUT2D eigenvalue weighted by Gasteiger charge is 2.03. The van der Waals surface area contributed by atoms with Crippen molar-refractivity contribution in [2.45, 2.75) is 6.54 Å². The van der Waals surface area contributed by atoms with Crippen molar-refractivity contribution >= 4 is 11.8 Å². The van der Waals surface area contributed by atoms with Gasteiger partial charge in [0.25, 0.3) is 0 Å². The lowest BCUT2D eigenvalue weighted by Crippen LogP contribution is -2.12. The van der Waals surface area contributed by atoms with Gasteiger partial charge in [0.15, 0.2) is 5.82 Å². The van der Waals surface area contributed by atoms with Gasteiger partial charge in [-0.1, -0.05) is 18.2 Å². The predicted molar refractivity (Wildman–Crippen MR) is 80.5 cm³/mol. The van der Waals surface area contributed by atoms with E-state index in [0.717, 1.165) is 11.3 Å². The molecular formula is C14H19N5O2. The van der Waals surface area contributed by atoms with Crippen LogP contribution in [-0.4, -0.2) is 42.6 Å². The van der Waals surface area contributed by atoms with Crippen molar-refractivity contribution in [3.8, 4) is 5.75 Å². The summed E-state index contributed by atoms with van der Waals surface area (Å²) in [5, 5.41) is 14.1. The Morgan fingerprint density at radius 1 is 1.14 bits per heavy atom. The summed E-state index contributed by atoms with van der Waals surface area (Å²) in [6, 6.07) is 7.83. The molecule has 21 heavy (non-hydrogen) atoms. The fourth-order valence-corrected chi connectivity index (χ4v) is 1.76. The molecule has 0 unspecified atom stereocenters. The van der Waals surface area contributed by atoms with Crippen LogP contribution < -0.4 is 15.4 Å². The van der Waals surface area contributed by atoms with Crippen molar-refractivity contribution in [3.05, 3.63) is 36.0 Å². The highest BCUT2D eigenvalue weighted by molar-refractivity contribution is 5.40. The first-order chi connectivity index (χ1) is 10.3. The molecule has 0 aliphatic heterocycles. The number of methoxy groups -OCH3 is 2. The molecule has 0 bridgehead atoms. The highest BCUT2D eigenvalue weighted by Crippen LogP contribution is 2.18. The lowest BCUT2D eigenvalue weighted by atomic mass is 10.2. The minimum Gasteiger partial charge on any atom is -0.496 e. The van der Waals surface area contributed by atoms with E-state index in [-0.39, 0.29) is 0 Å². The Hall–Kier alpha value is -2.41. The summed E-state index contributed by atoms with van der Waals surface area (Å²) in [5.41, 5.74) is 1.05. The third kappa shape index (κ3) is 4.57. The summed E-state index contributed by atoms with van der Waals surface area (Å²) >= 11 is 0. The molecule has 0 saturated heterocycles. The lowest BCUT2D eigenvalue weighted by Gasteiger charge is -2.10. The molecule has 1 heterocycles. The summed E-state index contributed by atoms with van der Waals surface area (Å²) in [7, 11) is 3.30. The van der Waals surface area contributed by atoms with Crippen molar-refractivity contribution in [2.75, 3.05) is 38.0 Å². The van der Waals surface area contributed by atoms with Crippen molar-refractivity contribution < 1.29 is 9.47 Å². The van der Waals surface area contributed by atoms with Crippen LogP contribution in [0.5, 0.6) is 5.75 Å². The molecule has 1 aromatic carbocycles. The van der Waals surface area contributed by atoms with Gasteiger partial charge in [0, 0.05) is 25.8 Å². The second-order valence-electron chi connectivity index (χ2n) is 4.25. The molecule has 2 aromatic rings. The molecule has 0 spiro atoms. The molecule has 2 N–H and O–H groups in total. The van der Waals surface area contributed by atoms with E-state index < -0.39 is 0 Å². The first-order valence-electron chi connectivity index (χ1n) is 6.62. The van der Waals surface area contributed by atoms with Gasteiger partial charge in [0.2, 0.25) is 5.95 Å². The fourth-order valence-electron chi connectivity index (χ4n) is 1.76. The van der Waals surface area contributed by atoms with Crippen LogP contribution in [0.2, 0.25) is 0 Å². The Balaban J connectivity index is 1.95. The average molecular weight is 289 g/mol. The SMILES string of the molecule is COCCNc1nncc(NCc2ccccc2OC)n1. The van der Waals surface area contributed by atoms with Gasteiger partial charge < -0.3 is 20.1 Å². The molecule has 1 aromatic heterocycles. The maximum absolute atomic E-state index is 5.31. The Bertz CT molecular complexity index is 565. The van der Waals surface area contributed by atoms with E-state index in [1.807, 2.05) is 24.3 Å². The predicted octanol–water partition coefficient (Wildman–Crippen LogP) is 1.55. The van der Waals surface area contributed by atoms with Gasteiger partial charge in [-0.15, -0.1) is 5.10 Å². The Labute approximate surface area is 123 Å². The van der Waals surface area contributed by atoms with Crippen molar-refractivity contribution in [3.63, 3.8) is 0 Å². The summed E-state index contributed by atoms with van der Waals surface area (Å²) in [6.45, 7) is 1.82. The van der Waals surface area contributed by atoms with Crippen LogP contribution >= 0.6 is 0 Å². The lowest BCUT2D eigenvalue weighted by molar-refractivity contribution is 0.210. The van der Waals surface area contributed by atoms with Gasteiger partial charge in [0.05, 0.1) is 19.9 Å². The molecule has 0 fully saturated rings. The number of benzene rings is 1. The number of anilines is 2. The van der Waals surface area contributed by atoms with Gasteiger partial charge in [-0.05, 0) is 6.07 Å². The van der Waals surface area contributed by atoms with Crippen LogP contribution in [-0.2, 0) is 11.3 Å². The number of aromatic nitrogens is 3. The third-order valence-corrected chi connectivity index (χ3v) is 2.80. The Morgan fingerprint density at radius 2 is 2.00 bits per heavy atom. The summed E-state index contributed by atoms with van der Waals surface area (Å²) < 4.78 is 10.3. The maximum atomic E-state index is 5.31. The zero-order valence-electron chi connectivity index (χ0n) is 12.2. The molecule has 0 amide bonds. The smallest absolute Gasteiger partial charge is 0.244 e. The third-order valence-electron chi connectivity index (χ3n) is 2.80. The minimum absolute atomic E-state index is 0.470. The monoisotopic (exact) mass is 289 g/mol. The molecule has 0 aliphatic rings. The molecule has 0 atom stereocenters. The summed E-state index contributed by atoms with van der Waals surface area (Å²) in [4.78, 5) is 4.32. The van der Waals surface area contributed by atoms with Crippen molar-refractivity contribution in [2.24, 2.45) is 0 Å². The molecular weight excluding hydrogens is 270 g/mol. The molecule has 7 nitrogen and oxygen atoms in total. The van der Waals surface area contributed by atoms with Crippen LogP contribution in [0.4, 0.5) is 11.8 Å². The highest BCUT2D eigenvalue weighted by atomic mass is 16.5. The number of nitrogens with one attached hydrogen (secondary N) is 2. The Morgan fingerprint density at radius 3 is 2.81 bits per heavy atom. The van der Waals surface area contributed by atoms with Gasteiger partial charge in [-0.2, -0.15) is 10.1 Å². The van der Waals surface area contributed by atoms with E-state index in [4.69, 9.17) is 9.47 Å². The van der Waals surface area contributed by atoms with Gasteiger partial charge in [0.1, 0.15) is 5.75 Å². The van der Waals surface area contributed by atoms with Crippen LogP contribution in [0, 0.1) is 0 Å². The van der Waals surface area contributed by atoms with E-state index in [1.54, 1.807) is 20.4 Å². The zero-order chi connectivity index (χ0) is 14.9. The van der Waals surface area contributed by atoms with Gasteiger partial charge in [-0.25, -0.2) is 0 Å². The first kappa shape index (κ1) is 15.0. The number of ether oxygens (including phenoxy) is 2. The van der Waals surface area contributed by atoms with Crippen LogP contribution in [0.15, 0.2) is 30.5 Å². The van der Waals surface area contributed by atoms with Gasteiger partial charge in [-0.3, -0.25) is 0 Å². The van der Waals surface area contributed by atoms with E-state index in [1.165, 1.54) is 0 Å². The van der Waals surface area contributed by atoms with E-state index in [9.17, 15) is 0 Å². The quantitative estimate of drug-likeness (QED) is 0.713. The maximum Gasteiger partial charge on any atom is 0.244 e. The van der Waals surface area contributed by atoms with E-state index in [2.05, 4.69) is 25.8 Å².